The fourth-order valence-electron chi connectivity index (χ4n) is 1.39. The highest BCUT2D eigenvalue weighted by Gasteiger charge is 2.15. The van der Waals surface area contributed by atoms with Crippen LogP contribution in [0.4, 0.5) is 0 Å². The van der Waals surface area contributed by atoms with Crippen LogP contribution in [-0.4, -0.2) is 11.8 Å². The molecule has 0 saturated heterocycles. The zero-order valence-corrected chi connectivity index (χ0v) is 8.99. The minimum absolute atomic E-state index is 0.330. The summed E-state index contributed by atoms with van der Waals surface area (Å²) in [5.74, 6) is 1.05. The van der Waals surface area contributed by atoms with Gasteiger partial charge < -0.3 is 5.73 Å². The standard InChI is InChI=1S/C9H10BrNS/c10-7-1-2-9-6(3-7)4-8(11)5-12-9/h1-3,8H,4-5,11H2/t8-/m0/s1. The molecule has 1 heterocycles. The summed E-state index contributed by atoms with van der Waals surface area (Å²) in [7, 11) is 0. The van der Waals surface area contributed by atoms with Gasteiger partial charge in [-0.1, -0.05) is 15.9 Å². The Balaban J connectivity index is 2.37. The van der Waals surface area contributed by atoms with E-state index in [4.69, 9.17) is 5.73 Å². The normalized spacial score (nSPS) is 22.0. The summed E-state index contributed by atoms with van der Waals surface area (Å²) in [5.41, 5.74) is 7.25. The van der Waals surface area contributed by atoms with Crippen LogP contribution in [0.5, 0.6) is 0 Å². The third-order valence-electron chi connectivity index (χ3n) is 1.96. The fourth-order valence-corrected chi connectivity index (χ4v) is 2.80. The number of hydrogen-bond acceptors (Lipinski definition) is 2. The highest BCUT2D eigenvalue weighted by atomic mass is 79.9. The van der Waals surface area contributed by atoms with Crippen molar-refractivity contribution in [1.29, 1.82) is 0 Å². The average molecular weight is 244 g/mol. The van der Waals surface area contributed by atoms with Crippen LogP contribution in [0, 0.1) is 0 Å². The molecule has 2 rings (SSSR count). The molecule has 1 aromatic rings. The SMILES string of the molecule is N[C@@H]1CSc2ccc(Br)cc2C1. The summed E-state index contributed by atoms with van der Waals surface area (Å²) in [6.45, 7) is 0. The van der Waals surface area contributed by atoms with Crippen LogP contribution in [0.1, 0.15) is 5.56 Å². The molecule has 0 aliphatic carbocycles. The Morgan fingerprint density at radius 2 is 2.33 bits per heavy atom. The Morgan fingerprint density at radius 3 is 3.17 bits per heavy atom. The third-order valence-corrected chi connectivity index (χ3v) is 3.75. The topological polar surface area (TPSA) is 26.0 Å². The predicted molar refractivity (Wildman–Crippen MR) is 56.5 cm³/mol. The molecule has 0 spiro atoms. The van der Waals surface area contributed by atoms with Crippen molar-refractivity contribution in [3.63, 3.8) is 0 Å². The Labute approximate surface area is 84.9 Å². The molecule has 1 atom stereocenters. The number of benzene rings is 1. The number of nitrogens with two attached hydrogens (primary N) is 1. The van der Waals surface area contributed by atoms with E-state index in [1.54, 1.807) is 0 Å². The quantitative estimate of drug-likeness (QED) is 0.758. The lowest BCUT2D eigenvalue weighted by atomic mass is 10.1. The monoisotopic (exact) mass is 243 g/mol. The Kier molecular flexibility index (Phi) is 2.44. The van der Waals surface area contributed by atoms with Crippen LogP contribution in [0.25, 0.3) is 0 Å². The van der Waals surface area contributed by atoms with Gasteiger partial charge in [0.2, 0.25) is 0 Å². The van der Waals surface area contributed by atoms with Gasteiger partial charge in [0.15, 0.2) is 0 Å². The molecule has 1 aromatic carbocycles. The van der Waals surface area contributed by atoms with Crippen molar-refractivity contribution in [1.82, 2.24) is 0 Å². The van der Waals surface area contributed by atoms with E-state index >= 15 is 0 Å². The third kappa shape index (κ3) is 1.68. The zero-order valence-electron chi connectivity index (χ0n) is 6.59. The van der Waals surface area contributed by atoms with Gasteiger partial charge in [-0.15, -0.1) is 11.8 Å². The Morgan fingerprint density at radius 1 is 1.50 bits per heavy atom. The number of fused-ring (bicyclic) bond motifs is 1. The van der Waals surface area contributed by atoms with Gasteiger partial charge in [0.05, 0.1) is 0 Å². The van der Waals surface area contributed by atoms with E-state index < -0.39 is 0 Å². The molecular weight excluding hydrogens is 234 g/mol. The fraction of sp³-hybridized carbons (Fsp3) is 0.333. The summed E-state index contributed by atoms with van der Waals surface area (Å²) < 4.78 is 1.15. The van der Waals surface area contributed by atoms with Crippen LogP contribution in [0.3, 0.4) is 0 Å². The summed E-state index contributed by atoms with van der Waals surface area (Å²) >= 11 is 5.32. The van der Waals surface area contributed by atoms with Crippen LogP contribution in [-0.2, 0) is 6.42 Å². The van der Waals surface area contributed by atoms with E-state index in [2.05, 4.69) is 34.1 Å². The smallest absolute Gasteiger partial charge is 0.0178 e. The summed E-state index contributed by atoms with van der Waals surface area (Å²) in [5, 5.41) is 0. The molecule has 3 heteroatoms. The van der Waals surface area contributed by atoms with Gasteiger partial charge in [-0.05, 0) is 30.2 Å². The minimum atomic E-state index is 0.330. The zero-order chi connectivity index (χ0) is 8.55. The molecule has 12 heavy (non-hydrogen) atoms. The molecule has 1 aliphatic heterocycles. The molecule has 0 radical (unpaired) electrons. The molecule has 0 unspecified atom stereocenters. The first kappa shape index (κ1) is 8.60. The molecule has 1 aliphatic rings. The maximum Gasteiger partial charge on any atom is 0.0178 e. The summed E-state index contributed by atoms with van der Waals surface area (Å²) in [4.78, 5) is 1.39. The molecule has 0 amide bonds. The van der Waals surface area contributed by atoms with Crippen molar-refractivity contribution < 1.29 is 0 Å². The van der Waals surface area contributed by atoms with E-state index in [0.29, 0.717) is 6.04 Å². The highest BCUT2D eigenvalue weighted by molar-refractivity contribution is 9.10. The average Bonchev–Trinajstić information content (AvgIpc) is 2.03. The molecular formula is C9H10BrNS. The maximum atomic E-state index is 5.86. The lowest BCUT2D eigenvalue weighted by Crippen LogP contribution is -2.28. The Hall–Kier alpha value is 0.01000. The number of rotatable bonds is 0. The van der Waals surface area contributed by atoms with Gasteiger partial charge in [-0.3, -0.25) is 0 Å². The van der Waals surface area contributed by atoms with Gasteiger partial charge in [-0.2, -0.15) is 0 Å². The van der Waals surface area contributed by atoms with E-state index in [1.807, 2.05) is 11.8 Å². The van der Waals surface area contributed by atoms with Gasteiger partial charge in [0.25, 0.3) is 0 Å². The first-order valence-corrected chi connectivity index (χ1v) is 5.70. The second-order valence-electron chi connectivity index (χ2n) is 3.03. The predicted octanol–water partition coefficient (Wildman–Crippen LogP) is 2.42. The molecule has 0 bridgehead atoms. The highest BCUT2D eigenvalue weighted by Crippen LogP contribution is 2.31. The second kappa shape index (κ2) is 3.40. The Bertz CT molecular complexity index is 301. The van der Waals surface area contributed by atoms with Gasteiger partial charge >= 0.3 is 0 Å². The van der Waals surface area contributed by atoms with E-state index in [1.165, 1.54) is 10.5 Å². The van der Waals surface area contributed by atoms with Crippen molar-refractivity contribution in [2.75, 3.05) is 5.75 Å². The molecule has 2 N–H and O–H groups in total. The van der Waals surface area contributed by atoms with E-state index in [-0.39, 0.29) is 0 Å². The second-order valence-corrected chi connectivity index (χ2v) is 5.00. The molecule has 0 saturated carbocycles. The largest absolute Gasteiger partial charge is 0.327 e. The molecule has 64 valence electrons. The van der Waals surface area contributed by atoms with E-state index in [0.717, 1.165) is 16.6 Å². The van der Waals surface area contributed by atoms with Crippen molar-refractivity contribution in [3.8, 4) is 0 Å². The molecule has 1 nitrogen and oxygen atoms in total. The maximum absolute atomic E-state index is 5.86. The van der Waals surface area contributed by atoms with Crippen LogP contribution < -0.4 is 5.73 Å². The van der Waals surface area contributed by atoms with E-state index in [9.17, 15) is 0 Å². The molecule has 0 aromatic heterocycles. The number of hydrogen-bond donors (Lipinski definition) is 1. The number of thioether (sulfide) groups is 1. The van der Waals surface area contributed by atoms with Crippen LogP contribution >= 0.6 is 27.7 Å². The lowest BCUT2D eigenvalue weighted by molar-refractivity contribution is 0.726. The van der Waals surface area contributed by atoms with Crippen LogP contribution in [0.2, 0.25) is 0 Å². The summed E-state index contributed by atoms with van der Waals surface area (Å²) in [6.07, 6.45) is 1.02. The van der Waals surface area contributed by atoms with Crippen molar-refractivity contribution in [2.24, 2.45) is 5.73 Å². The van der Waals surface area contributed by atoms with Crippen molar-refractivity contribution in [2.45, 2.75) is 17.4 Å². The van der Waals surface area contributed by atoms with Gasteiger partial charge in [0, 0.05) is 21.2 Å². The first-order chi connectivity index (χ1) is 5.75. The summed E-state index contributed by atoms with van der Waals surface area (Å²) in [6, 6.07) is 6.75. The van der Waals surface area contributed by atoms with Gasteiger partial charge in [0.1, 0.15) is 0 Å². The lowest BCUT2D eigenvalue weighted by Gasteiger charge is -2.20. The van der Waals surface area contributed by atoms with Gasteiger partial charge in [-0.25, -0.2) is 0 Å². The van der Waals surface area contributed by atoms with Crippen molar-refractivity contribution in [3.05, 3.63) is 28.2 Å². The molecule has 0 fully saturated rings. The van der Waals surface area contributed by atoms with Crippen molar-refractivity contribution >= 4 is 27.7 Å². The first-order valence-electron chi connectivity index (χ1n) is 3.92. The minimum Gasteiger partial charge on any atom is -0.327 e. The van der Waals surface area contributed by atoms with Crippen LogP contribution in [0.15, 0.2) is 27.6 Å². The number of halogens is 1.